The largest absolute Gasteiger partial charge is 0.493 e. The Hall–Kier alpha value is -3.85. The van der Waals surface area contributed by atoms with Crippen molar-refractivity contribution in [3.05, 3.63) is 59.1 Å². The van der Waals surface area contributed by atoms with Crippen molar-refractivity contribution < 1.29 is 19.4 Å². The minimum Gasteiger partial charge on any atom is -0.493 e. The monoisotopic (exact) mass is 504 g/mol. The van der Waals surface area contributed by atoms with Crippen LogP contribution in [0, 0.1) is 0 Å². The summed E-state index contributed by atoms with van der Waals surface area (Å²) in [6, 6.07) is 15.5. The number of aromatic amines is 1. The number of nitrogens with one attached hydrogen (secondary N) is 1. The Kier molecular flexibility index (Phi) is 6.41. The fraction of sp³-hybridized carbons (Fsp3) is 0.231. The van der Waals surface area contributed by atoms with E-state index in [0.717, 1.165) is 39.4 Å². The van der Waals surface area contributed by atoms with E-state index in [2.05, 4.69) is 9.88 Å². The van der Waals surface area contributed by atoms with Gasteiger partial charge in [0.25, 0.3) is 5.91 Å². The van der Waals surface area contributed by atoms with Gasteiger partial charge in [-0.15, -0.1) is 0 Å². The third-order valence-electron chi connectivity index (χ3n) is 6.60. The summed E-state index contributed by atoms with van der Waals surface area (Å²) >= 11 is 6.46. The minimum absolute atomic E-state index is 0.401. The summed E-state index contributed by atoms with van der Waals surface area (Å²) in [6.07, 6.45) is -0.00252. The van der Waals surface area contributed by atoms with Gasteiger partial charge in [-0.2, -0.15) is 0 Å². The van der Waals surface area contributed by atoms with E-state index < -0.39 is 12.0 Å². The van der Waals surface area contributed by atoms with Gasteiger partial charge in [0.1, 0.15) is 13.6 Å². The number of halogens is 1. The number of aromatic nitrogens is 1. The molecular weight excluding hydrogens is 479 g/mol. The van der Waals surface area contributed by atoms with Gasteiger partial charge in [0.05, 0.1) is 22.7 Å². The maximum Gasteiger partial charge on any atom is 0.407 e. The van der Waals surface area contributed by atoms with E-state index >= 15 is 0 Å². The van der Waals surface area contributed by atoms with Gasteiger partial charge in [-0.3, -0.25) is 4.79 Å². The molecule has 1 saturated heterocycles. The second-order valence-corrected chi connectivity index (χ2v) is 9.32. The summed E-state index contributed by atoms with van der Waals surface area (Å²) < 4.78 is 5.69. The van der Waals surface area contributed by atoms with Crippen molar-refractivity contribution in [3.8, 4) is 16.9 Å². The molecule has 36 heavy (non-hydrogen) atoms. The highest BCUT2D eigenvalue weighted by molar-refractivity contribution is 6.32. The zero-order valence-corrected chi connectivity index (χ0v) is 20.6. The molecule has 5 rings (SSSR count). The molecule has 4 N–H and O–H groups in total. The highest BCUT2D eigenvalue weighted by atomic mass is 35.5. The number of anilines is 1. The predicted octanol–water partition coefficient (Wildman–Crippen LogP) is 3.97. The number of amides is 2. The van der Waals surface area contributed by atoms with Gasteiger partial charge in [-0.25, -0.2) is 4.79 Å². The van der Waals surface area contributed by atoms with Crippen LogP contribution in [-0.2, 0) is 0 Å². The molecule has 3 aromatic carbocycles. The maximum atomic E-state index is 12.4. The molecule has 8 nitrogen and oxygen atoms in total. The van der Waals surface area contributed by atoms with Crippen LogP contribution < -0.4 is 15.4 Å². The van der Waals surface area contributed by atoms with Gasteiger partial charge >= 0.3 is 6.09 Å². The summed E-state index contributed by atoms with van der Waals surface area (Å²) in [5.41, 5.74) is 10.4. The van der Waals surface area contributed by atoms with Crippen LogP contribution in [0.3, 0.4) is 0 Å². The second-order valence-electron chi connectivity index (χ2n) is 8.92. The molecule has 0 saturated carbocycles. The normalized spacial score (nSPS) is 13.9. The van der Waals surface area contributed by atoms with Crippen LogP contribution in [0.1, 0.15) is 10.4 Å². The van der Waals surface area contributed by atoms with Crippen LogP contribution in [0.25, 0.3) is 32.9 Å². The lowest BCUT2D eigenvalue weighted by molar-refractivity contribution is 0.100. The molecule has 2 amide bonds. The first-order chi connectivity index (χ1) is 17.4. The van der Waals surface area contributed by atoms with Crippen LogP contribution in [0.4, 0.5) is 10.5 Å². The Labute approximate surface area is 214 Å². The van der Waals surface area contributed by atoms with Crippen molar-refractivity contribution >= 4 is 58.9 Å². The Morgan fingerprint density at radius 3 is 2.47 bits per heavy atom. The highest BCUT2D eigenvalue weighted by Crippen LogP contribution is 2.36. The topological polar surface area (TPSA) is 112 Å². The molecule has 1 aliphatic rings. The third-order valence-corrected chi connectivity index (χ3v) is 6.89. The highest BCUT2D eigenvalue weighted by Gasteiger charge is 2.21. The lowest BCUT2D eigenvalue weighted by atomic mass is 9.98. The zero-order chi connectivity index (χ0) is 25.4. The van der Waals surface area contributed by atoms with Crippen molar-refractivity contribution in [2.24, 2.45) is 5.73 Å². The van der Waals surface area contributed by atoms with Crippen LogP contribution in [0.5, 0.6) is 5.75 Å². The Morgan fingerprint density at radius 2 is 1.81 bits per heavy atom. The lowest BCUT2D eigenvalue weighted by Gasteiger charge is -2.34. The lowest BCUT2D eigenvalue weighted by Crippen LogP contribution is -2.48. The first-order valence-electron chi connectivity index (χ1n) is 11.9. The Balaban J connectivity index is 1.54. The summed E-state index contributed by atoms with van der Waals surface area (Å²) in [5, 5.41) is 11.6. The molecule has 0 spiro atoms. The average molecular weight is 505 g/mol. The molecular formula is C26H26BClN4O4. The number of carboxylic acid groups (broad SMARTS) is 1. The summed E-state index contributed by atoms with van der Waals surface area (Å²) in [6.45, 7) is 2.74. The van der Waals surface area contributed by atoms with Gasteiger partial charge in [0.2, 0.25) is 0 Å². The number of hydrogen-bond acceptors (Lipinski definition) is 4. The molecule has 10 heteroatoms. The number of hydrogen-bond donors (Lipinski definition) is 3. The first-order valence-corrected chi connectivity index (χ1v) is 12.3. The summed E-state index contributed by atoms with van der Waals surface area (Å²) in [7, 11) is 2.03. The number of nitrogens with two attached hydrogens (primary N) is 1. The van der Waals surface area contributed by atoms with Crippen molar-refractivity contribution in [3.63, 3.8) is 0 Å². The molecule has 1 aromatic heterocycles. The molecule has 2 heterocycles. The molecule has 0 aliphatic carbocycles. The number of H-pyrrole nitrogens is 1. The van der Waals surface area contributed by atoms with Crippen molar-refractivity contribution in [1.29, 1.82) is 0 Å². The molecule has 184 valence electrons. The van der Waals surface area contributed by atoms with E-state index in [1.165, 1.54) is 4.90 Å². The number of carbonyl (C=O) groups is 2. The predicted molar refractivity (Wildman–Crippen MR) is 145 cm³/mol. The number of fused-ring (bicyclic) bond motifs is 3. The number of nitrogens with zero attached hydrogens (tertiary/aromatic N) is 2. The second kappa shape index (κ2) is 9.66. The molecule has 0 bridgehead atoms. The first kappa shape index (κ1) is 23.9. The maximum absolute atomic E-state index is 12.4. The van der Waals surface area contributed by atoms with E-state index in [0.29, 0.717) is 54.6 Å². The van der Waals surface area contributed by atoms with Crippen LogP contribution in [0.15, 0.2) is 48.5 Å². The Bertz CT molecular complexity index is 1480. The Morgan fingerprint density at radius 1 is 1.03 bits per heavy atom. The van der Waals surface area contributed by atoms with Crippen LogP contribution in [0.2, 0.25) is 11.3 Å². The zero-order valence-electron chi connectivity index (χ0n) is 19.9. The van der Waals surface area contributed by atoms with Gasteiger partial charge in [-0.05, 0) is 53.8 Å². The van der Waals surface area contributed by atoms with E-state index in [1.807, 2.05) is 50.3 Å². The van der Waals surface area contributed by atoms with Crippen molar-refractivity contribution in [1.82, 2.24) is 9.88 Å². The smallest absolute Gasteiger partial charge is 0.407 e. The number of rotatable bonds is 6. The SMILES string of the molecule is BCCOc1ccc(-c2cc(C(N)=O)c3[nH]c4cc(N5CCN(C(=O)O)CC5)ccc4c3c2)cc1Cl. The van der Waals surface area contributed by atoms with Crippen LogP contribution in [-0.4, -0.2) is 67.6 Å². The molecule has 0 atom stereocenters. The molecule has 4 aromatic rings. The number of piperazine rings is 1. The summed E-state index contributed by atoms with van der Waals surface area (Å²) in [5.74, 6) is 0.106. The van der Waals surface area contributed by atoms with Crippen molar-refractivity contribution in [2.45, 2.75) is 6.32 Å². The van der Waals surface area contributed by atoms with Crippen molar-refractivity contribution in [2.75, 3.05) is 37.7 Å². The minimum atomic E-state index is -0.889. The number of primary amides is 1. The van der Waals surface area contributed by atoms with E-state index in [4.69, 9.17) is 22.1 Å². The van der Waals surface area contributed by atoms with Crippen LogP contribution >= 0.6 is 11.6 Å². The van der Waals surface area contributed by atoms with Gasteiger partial charge in [0.15, 0.2) is 0 Å². The third kappa shape index (κ3) is 4.42. The standard InChI is InChI=1S/C26H26BClN4O4/c27-5-10-36-23-4-1-15(13-21(23)28)16-11-19-18-3-2-17(31-6-8-32(9-7-31)26(34)35)14-22(18)30-24(19)20(12-16)25(29)33/h1-4,11-14,30H,5-10,27H2,(H2,29,33)(H,34,35). The van der Waals surface area contributed by atoms with E-state index in [9.17, 15) is 14.7 Å². The van der Waals surface area contributed by atoms with Gasteiger partial charge in [0, 0.05) is 48.2 Å². The molecule has 1 aliphatic heterocycles. The molecule has 0 unspecified atom stereocenters. The number of benzene rings is 3. The van der Waals surface area contributed by atoms with E-state index in [1.54, 1.807) is 6.07 Å². The fourth-order valence-corrected chi connectivity index (χ4v) is 4.95. The average Bonchev–Trinajstić information content (AvgIpc) is 3.25. The van der Waals surface area contributed by atoms with E-state index in [-0.39, 0.29) is 0 Å². The molecule has 1 fully saturated rings. The fourth-order valence-electron chi connectivity index (χ4n) is 4.72. The number of carbonyl (C=O) groups excluding carboxylic acids is 1. The number of ether oxygens (including phenoxy) is 1. The summed E-state index contributed by atoms with van der Waals surface area (Å²) in [4.78, 5) is 30.6. The quantitative estimate of drug-likeness (QED) is 0.344. The van der Waals surface area contributed by atoms with Gasteiger partial charge < -0.3 is 30.4 Å². The van der Waals surface area contributed by atoms with Gasteiger partial charge in [-0.1, -0.05) is 23.7 Å². The molecule has 0 radical (unpaired) electrons.